The fourth-order valence-corrected chi connectivity index (χ4v) is 9.10. The number of nitrogens with one attached hydrogen (secondary N) is 1. The lowest BCUT2D eigenvalue weighted by Crippen LogP contribution is -2.50. The Morgan fingerprint density at radius 3 is 2.52 bits per heavy atom. The molecule has 0 unspecified atom stereocenters. The number of fused-ring (bicyclic) bond motifs is 4. The molecule has 50 heavy (non-hydrogen) atoms. The Kier molecular flexibility index (Phi) is 8.79. The van der Waals surface area contributed by atoms with Crippen LogP contribution in [0.15, 0.2) is 84.9 Å². The summed E-state index contributed by atoms with van der Waals surface area (Å²) in [7, 11) is 0. The summed E-state index contributed by atoms with van der Waals surface area (Å²) in [4.78, 5) is 29.1. The number of carboxylic acids is 1. The molecular formula is C43H47N3O4. The van der Waals surface area contributed by atoms with Crippen LogP contribution < -0.4 is 10.1 Å². The maximum Gasteiger partial charge on any atom is 0.341 e. The van der Waals surface area contributed by atoms with Crippen molar-refractivity contribution < 1.29 is 19.4 Å². The third-order valence-corrected chi connectivity index (χ3v) is 11.4. The topological polar surface area (TPSA) is 93.4 Å². The van der Waals surface area contributed by atoms with E-state index in [0.717, 1.165) is 60.2 Å². The number of rotatable bonds is 9. The van der Waals surface area contributed by atoms with E-state index in [1.807, 2.05) is 18.2 Å². The average Bonchev–Trinajstić information content (AvgIpc) is 3.44. The second-order valence-electron chi connectivity index (χ2n) is 15.2. The summed E-state index contributed by atoms with van der Waals surface area (Å²) in [6, 6.07) is 29.3. The zero-order chi connectivity index (χ0) is 35.2. The maximum absolute atomic E-state index is 12.4. The summed E-state index contributed by atoms with van der Waals surface area (Å²) in [6.07, 6.45) is 5.64. The normalized spacial score (nSPS) is 21.4. The van der Waals surface area contributed by atoms with Crippen molar-refractivity contribution in [2.24, 2.45) is 11.3 Å². The van der Waals surface area contributed by atoms with E-state index in [2.05, 4.69) is 86.1 Å². The fraction of sp³-hybridized carbons (Fsp3) is 0.372. The van der Waals surface area contributed by atoms with Gasteiger partial charge in [0, 0.05) is 19.0 Å². The van der Waals surface area contributed by atoms with Crippen LogP contribution in [0.3, 0.4) is 0 Å². The zero-order valence-corrected chi connectivity index (χ0v) is 29.8. The number of hydrogen-bond donors (Lipinski definition) is 2. The van der Waals surface area contributed by atoms with Gasteiger partial charge in [0.15, 0.2) is 6.61 Å². The van der Waals surface area contributed by atoms with Gasteiger partial charge in [-0.1, -0.05) is 88.7 Å². The first-order valence-electron chi connectivity index (χ1n) is 17.9. The zero-order valence-electron chi connectivity index (χ0n) is 29.8. The first-order chi connectivity index (χ1) is 23.9. The van der Waals surface area contributed by atoms with E-state index >= 15 is 0 Å². The van der Waals surface area contributed by atoms with E-state index < -0.39 is 12.6 Å². The van der Waals surface area contributed by atoms with Crippen LogP contribution in [0.1, 0.15) is 82.9 Å². The highest BCUT2D eigenvalue weighted by atomic mass is 16.5. The van der Waals surface area contributed by atoms with Crippen LogP contribution in [-0.2, 0) is 28.0 Å². The number of amides is 1. The third-order valence-electron chi connectivity index (χ3n) is 11.4. The summed E-state index contributed by atoms with van der Waals surface area (Å²) in [5.74, 6) is 0.849. The quantitative estimate of drug-likeness (QED) is 0.163. The van der Waals surface area contributed by atoms with Crippen LogP contribution in [0, 0.1) is 11.3 Å². The van der Waals surface area contributed by atoms with E-state index in [9.17, 15) is 14.7 Å². The summed E-state index contributed by atoms with van der Waals surface area (Å²) in [6.45, 7) is 11.3. The molecule has 5 aromatic rings. The van der Waals surface area contributed by atoms with Crippen molar-refractivity contribution in [1.29, 1.82) is 0 Å². The minimum atomic E-state index is -1.05. The summed E-state index contributed by atoms with van der Waals surface area (Å²) in [5, 5.41) is 12.3. The number of carbonyl (C=O) groups is 2. The first kappa shape index (κ1) is 33.6. The lowest BCUT2D eigenvalue weighted by atomic mass is 9.49. The van der Waals surface area contributed by atoms with Gasteiger partial charge in [0.1, 0.15) is 11.6 Å². The number of ether oxygens (including phenoxy) is 1. The van der Waals surface area contributed by atoms with Crippen molar-refractivity contribution >= 4 is 28.6 Å². The number of benzene rings is 4. The Morgan fingerprint density at radius 1 is 0.980 bits per heavy atom. The predicted molar refractivity (Wildman–Crippen MR) is 200 cm³/mol. The van der Waals surface area contributed by atoms with Gasteiger partial charge in [-0.25, -0.2) is 9.78 Å². The predicted octanol–water partition coefficient (Wildman–Crippen LogP) is 9.63. The van der Waals surface area contributed by atoms with Gasteiger partial charge in [-0.3, -0.25) is 4.79 Å². The molecule has 1 saturated carbocycles. The molecule has 258 valence electrons. The van der Waals surface area contributed by atoms with E-state index in [1.54, 1.807) is 18.2 Å². The molecule has 7 heteroatoms. The van der Waals surface area contributed by atoms with E-state index in [1.165, 1.54) is 30.0 Å². The largest absolute Gasteiger partial charge is 0.482 e. The monoisotopic (exact) mass is 669 g/mol. The van der Waals surface area contributed by atoms with E-state index in [4.69, 9.17) is 9.72 Å². The number of aromatic nitrogens is 2. The number of anilines is 1. The molecule has 0 spiro atoms. The highest BCUT2D eigenvalue weighted by Crippen LogP contribution is 2.58. The molecule has 4 aromatic carbocycles. The molecule has 0 aliphatic heterocycles. The van der Waals surface area contributed by atoms with Crippen LogP contribution in [-0.4, -0.2) is 33.1 Å². The van der Waals surface area contributed by atoms with E-state index in [-0.39, 0.29) is 16.7 Å². The summed E-state index contributed by atoms with van der Waals surface area (Å²) >= 11 is 0. The van der Waals surface area contributed by atoms with Gasteiger partial charge in [-0.2, -0.15) is 0 Å². The Balaban J connectivity index is 1.37. The highest BCUT2D eigenvalue weighted by molar-refractivity contribution is 5.95. The lowest BCUT2D eigenvalue weighted by molar-refractivity contribution is -0.139. The maximum atomic E-state index is 12.4. The number of carbonyl (C=O) groups excluding carboxylic acids is 1. The van der Waals surface area contributed by atoms with Crippen LogP contribution >= 0.6 is 0 Å². The van der Waals surface area contributed by atoms with Gasteiger partial charge in [0.05, 0.1) is 16.7 Å². The van der Waals surface area contributed by atoms with Crippen LogP contribution in [0.2, 0.25) is 0 Å². The van der Waals surface area contributed by atoms with Gasteiger partial charge >= 0.3 is 5.97 Å². The second-order valence-corrected chi connectivity index (χ2v) is 15.2. The second kappa shape index (κ2) is 13.1. The lowest BCUT2D eigenvalue weighted by Gasteiger charge is -2.56. The number of aliphatic carboxylic acids is 1. The highest BCUT2D eigenvalue weighted by Gasteiger charge is 2.52. The number of imidazole rings is 1. The van der Waals surface area contributed by atoms with Crippen LogP contribution in [0.4, 0.5) is 5.69 Å². The van der Waals surface area contributed by atoms with Crippen molar-refractivity contribution in [2.75, 3.05) is 11.9 Å². The van der Waals surface area contributed by atoms with Crippen molar-refractivity contribution in [1.82, 2.24) is 9.55 Å². The number of nitrogens with zero attached hydrogens (tertiary/aromatic N) is 2. The van der Waals surface area contributed by atoms with Crippen LogP contribution in [0.5, 0.6) is 5.75 Å². The molecule has 2 N–H and O–H groups in total. The standard InChI is InChI=1S/C43H47N3O4/c1-27(2)30-12-16-35-32(22-30)14-19-39-42(4,20-9-21-43(35,39)5)26-46-38-18-13-31(29-10-7-6-8-11-29)23-37(38)45-41(46)34-24-33(50-25-40(48)49)15-17-36(34)44-28(3)47/h6-8,10-13,15-18,22-24,27,39H,9,14,19-21,25-26H2,1-5H3,(H,44,47)(H,48,49)/t39-,42+,43+/m0/s1. The third kappa shape index (κ3) is 6.19. The van der Waals surface area contributed by atoms with Gasteiger partial charge in [-0.15, -0.1) is 0 Å². The molecule has 7 rings (SSSR count). The van der Waals surface area contributed by atoms with Crippen molar-refractivity contribution in [3.05, 3.63) is 102 Å². The van der Waals surface area contributed by atoms with E-state index in [0.29, 0.717) is 28.8 Å². The van der Waals surface area contributed by atoms with Crippen molar-refractivity contribution in [3.63, 3.8) is 0 Å². The Hall–Kier alpha value is -4.91. The average molecular weight is 670 g/mol. The van der Waals surface area contributed by atoms with Gasteiger partial charge in [-0.05, 0) is 106 Å². The molecule has 2 aliphatic rings. The molecule has 0 radical (unpaired) electrons. The fourth-order valence-electron chi connectivity index (χ4n) is 9.10. The smallest absolute Gasteiger partial charge is 0.341 e. The Bertz CT molecular complexity index is 2080. The molecule has 7 nitrogen and oxygen atoms in total. The van der Waals surface area contributed by atoms with Gasteiger partial charge in [0.2, 0.25) is 5.91 Å². The Labute approximate surface area is 294 Å². The summed E-state index contributed by atoms with van der Waals surface area (Å²) < 4.78 is 7.98. The molecule has 0 bridgehead atoms. The van der Waals surface area contributed by atoms with Crippen LogP contribution in [0.25, 0.3) is 33.5 Å². The minimum Gasteiger partial charge on any atom is -0.482 e. The van der Waals surface area contributed by atoms with Crippen molar-refractivity contribution in [2.45, 2.75) is 84.6 Å². The van der Waals surface area contributed by atoms with Gasteiger partial charge in [0.25, 0.3) is 0 Å². The summed E-state index contributed by atoms with van der Waals surface area (Å²) in [5.41, 5.74) is 9.86. The molecule has 3 atom stereocenters. The molecule has 1 aromatic heterocycles. The molecule has 0 saturated heterocycles. The Morgan fingerprint density at radius 2 is 1.78 bits per heavy atom. The van der Waals surface area contributed by atoms with Gasteiger partial charge < -0.3 is 19.7 Å². The number of carboxylic acid groups (broad SMARTS) is 1. The molecular weight excluding hydrogens is 622 g/mol. The number of aryl methyl sites for hydroxylation is 1. The minimum absolute atomic E-state index is 0.0342. The molecule has 1 amide bonds. The van der Waals surface area contributed by atoms with Crippen molar-refractivity contribution in [3.8, 4) is 28.3 Å². The molecule has 1 heterocycles. The molecule has 1 fully saturated rings. The SMILES string of the molecule is CC(=O)Nc1ccc(OCC(=O)O)cc1-c1nc2cc(-c3ccccc3)ccc2n1C[C@@]1(C)CCC[C@]2(C)c3ccc(C(C)C)cc3CC[C@@H]12. The molecule has 2 aliphatic carbocycles. The first-order valence-corrected chi connectivity index (χ1v) is 17.9. The number of hydrogen-bond acceptors (Lipinski definition) is 4.